The second kappa shape index (κ2) is 11.2. The Morgan fingerprint density at radius 2 is 1.92 bits per heavy atom. The summed E-state index contributed by atoms with van der Waals surface area (Å²) in [6.45, 7) is -3.44. The number of rotatable bonds is 10. The summed E-state index contributed by atoms with van der Waals surface area (Å²) in [4.78, 5) is 16.4. The molecule has 0 fully saturated rings. The number of nitrogens with zero attached hydrogens (tertiary/aromatic N) is 3. The van der Waals surface area contributed by atoms with Crippen LogP contribution in [0.5, 0.6) is 5.75 Å². The molecule has 0 saturated carbocycles. The Labute approximate surface area is 216 Å². The van der Waals surface area contributed by atoms with Gasteiger partial charge in [-0.2, -0.15) is 13.9 Å². The van der Waals surface area contributed by atoms with Crippen molar-refractivity contribution < 1.29 is 26.7 Å². The van der Waals surface area contributed by atoms with E-state index in [1.54, 1.807) is 48.7 Å². The Bertz CT molecular complexity index is 1470. The number of carbonyl (C=O) groups is 1. The molecule has 2 aromatic carbocycles. The highest BCUT2D eigenvalue weighted by molar-refractivity contribution is 7.74. The van der Waals surface area contributed by atoms with Gasteiger partial charge < -0.3 is 15.8 Å². The van der Waals surface area contributed by atoms with Crippen LogP contribution in [-0.4, -0.2) is 36.1 Å². The molecule has 0 spiro atoms. The van der Waals surface area contributed by atoms with Crippen LogP contribution < -0.4 is 20.1 Å². The van der Waals surface area contributed by atoms with Crippen LogP contribution in [0.15, 0.2) is 66.9 Å². The van der Waals surface area contributed by atoms with Gasteiger partial charge in [-0.15, -0.1) is 0 Å². The number of nitrogens with two attached hydrogens (primary N) is 1. The zero-order valence-electron chi connectivity index (χ0n) is 18.8. The van der Waals surface area contributed by atoms with Gasteiger partial charge in [-0.1, -0.05) is 35.9 Å². The molecule has 37 heavy (non-hydrogen) atoms. The van der Waals surface area contributed by atoms with Crippen molar-refractivity contribution in [1.29, 1.82) is 0 Å². The highest BCUT2D eigenvalue weighted by atomic mass is 35.5. The van der Waals surface area contributed by atoms with E-state index in [0.717, 1.165) is 6.07 Å². The number of ether oxygens (including phenoxy) is 1. The van der Waals surface area contributed by atoms with Gasteiger partial charge in [-0.3, -0.25) is 9.89 Å². The Morgan fingerprint density at radius 1 is 1.16 bits per heavy atom. The summed E-state index contributed by atoms with van der Waals surface area (Å²) in [5.41, 5.74) is 6.17. The van der Waals surface area contributed by atoms with Crippen molar-refractivity contribution in [2.75, 3.05) is 9.62 Å². The number of carbonyl (C=O) groups excluding carboxylic acids is 1. The van der Waals surface area contributed by atoms with E-state index in [0.29, 0.717) is 16.4 Å². The lowest BCUT2D eigenvalue weighted by Gasteiger charge is -2.20. The van der Waals surface area contributed by atoms with Gasteiger partial charge in [0.2, 0.25) is 10.9 Å². The topological polar surface area (TPSA) is 143 Å². The molecule has 0 aliphatic carbocycles. The number of pyridine rings is 1. The number of H-pyrrole nitrogens is 1. The second-order valence-electron chi connectivity index (χ2n) is 7.48. The minimum atomic E-state index is -3.70. The summed E-state index contributed by atoms with van der Waals surface area (Å²) in [7, 11) is -3.70. The molecule has 0 saturated heterocycles. The number of nitrogens with one attached hydrogen (secondary N) is 2. The monoisotopic (exact) mass is 548 g/mol. The Hall–Kier alpha value is -4.23. The number of primary amides is 1. The molecule has 14 heteroatoms. The van der Waals surface area contributed by atoms with Crippen molar-refractivity contribution in [1.82, 2.24) is 15.2 Å². The van der Waals surface area contributed by atoms with Gasteiger partial charge >= 0.3 is 6.55 Å². The number of alkyl halides is 2. The summed E-state index contributed by atoms with van der Waals surface area (Å²) < 4.78 is 56.1. The molecule has 4 N–H and O–H groups in total. The molecule has 2 aromatic heterocycles. The van der Waals surface area contributed by atoms with E-state index in [-0.39, 0.29) is 39.3 Å². The Morgan fingerprint density at radius 3 is 2.54 bits per heavy atom. The van der Waals surface area contributed by atoms with E-state index in [1.165, 1.54) is 12.1 Å². The molecule has 192 valence electrons. The van der Waals surface area contributed by atoms with Crippen molar-refractivity contribution in [3.63, 3.8) is 0 Å². The van der Waals surface area contributed by atoms with Crippen LogP contribution in [-0.2, 0) is 17.5 Å². The summed E-state index contributed by atoms with van der Waals surface area (Å²) in [5.74, 6) is -0.448. The fraction of sp³-hybridized carbons (Fsp3) is 0.0870. The maximum atomic E-state index is 13.6. The number of thiol groups is 1. The van der Waals surface area contributed by atoms with Crippen LogP contribution in [0.25, 0.3) is 11.3 Å². The smallest absolute Gasteiger partial charge is 0.327 e. The van der Waals surface area contributed by atoms with E-state index in [9.17, 15) is 22.0 Å². The SMILES string of the molecule is NC(=O)c1c(-c2ccc(N(C(F)F)[SH](=O)=O)c(OCc3ccc(Cl)cc3)c2)n[nH]c1Nc1ccccn1. The lowest BCUT2D eigenvalue weighted by Crippen LogP contribution is -2.27. The Kier molecular flexibility index (Phi) is 7.84. The largest absolute Gasteiger partial charge is 0.487 e. The first-order valence-corrected chi connectivity index (χ1v) is 12.0. The van der Waals surface area contributed by atoms with Crippen LogP contribution in [0.2, 0.25) is 5.02 Å². The summed E-state index contributed by atoms with van der Waals surface area (Å²) in [5, 5.41) is 10.2. The van der Waals surface area contributed by atoms with Gasteiger partial charge in [0.05, 0.1) is 5.69 Å². The molecule has 2 heterocycles. The van der Waals surface area contributed by atoms with Gasteiger partial charge in [-0.25, -0.2) is 17.7 Å². The average Bonchev–Trinajstić information content (AvgIpc) is 3.28. The van der Waals surface area contributed by atoms with Gasteiger partial charge in [-0.05, 0) is 42.0 Å². The van der Waals surface area contributed by atoms with Gasteiger partial charge in [0.25, 0.3) is 5.91 Å². The van der Waals surface area contributed by atoms with E-state index >= 15 is 0 Å². The molecule has 0 unspecified atom stereocenters. The van der Waals surface area contributed by atoms with Crippen LogP contribution in [0, 0.1) is 0 Å². The number of amides is 1. The lowest BCUT2D eigenvalue weighted by molar-refractivity contribution is 0.100. The quantitative estimate of drug-likeness (QED) is 0.172. The summed E-state index contributed by atoms with van der Waals surface area (Å²) in [6.07, 6.45) is 1.54. The third-order valence-electron chi connectivity index (χ3n) is 5.08. The van der Waals surface area contributed by atoms with Crippen LogP contribution in [0.4, 0.5) is 26.1 Å². The first kappa shape index (κ1) is 25.9. The van der Waals surface area contributed by atoms with E-state index in [1.807, 2.05) is 0 Å². The third kappa shape index (κ3) is 5.95. The number of hydrogen-bond acceptors (Lipinski definition) is 7. The highest BCUT2D eigenvalue weighted by Crippen LogP contribution is 2.37. The maximum absolute atomic E-state index is 13.6. The molecule has 10 nitrogen and oxygen atoms in total. The number of aromatic amines is 1. The maximum Gasteiger partial charge on any atom is 0.327 e. The zero-order valence-corrected chi connectivity index (χ0v) is 20.4. The van der Waals surface area contributed by atoms with Crippen molar-refractivity contribution in [3.8, 4) is 17.0 Å². The number of benzene rings is 2. The van der Waals surface area contributed by atoms with Crippen molar-refractivity contribution >= 4 is 45.7 Å². The summed E-state index contributed by atoms with van der Waals surface area (Å²) in [6, 6.07) is 15.4. The van der Waals surface area contributed by atoms with Crippen molar-refractivity contribution in [2.24, 2.45) is 5.73 Å². The molecule has 4 rings (SSSR count). The standard InChI is InChI=1S/C23H19ClF2N6O4S/c24-15-7-4-13(5-8-15)12-36-17-11-14(6-9-16(17)32(23(25)26)37(34)35)20-19(21(27)33)22(31-30-20)29-18-3-1-2-10-28-18/h1-11,23,37H,12H2,(H2,27,33)(H2,28,29,30,31). The number of hydrogen-bond donors (Lipinski definition) is 4. The fourth-order valence-electron chi connectivity index (χ4n) is 3.42. The van der Waals surface area contributed by atoms with Gasteiger partial charge in [0.15, 0.2) is 0 Å². The van der Waals surface area contributed by atoms with Crippen LogP contribution >= 0.6 is 11.6 Å². The van der Waals surface area contributed by atoms with Crippen molar-refractivity contribution in [2.45, 2.75) is 13.2 Å². The third-order valence-corrected chi connectivity index (χ3v) is 6.07. The fourth-order valence-corrected chi connectivity index (χ4v) is 4.03. The molecular weight excluding hydrogens is 530 g/mol. The van der Waals surface area contributed by atoms with Gasteiger partial charge in [0, 0.05) is 16.8 Å². The minimum absolute atomic E-state index is 0.0253. The van der Waals surface area contributed by atoms with Gasteiger partial charge in [0.1, 0.15) is 35.2 Å². The average molecular weight is 549 g/mol. The second-order valence-corrected chi connectivity index (χ2v) is 8.83. The highest BCUT2D eigenvalue weighted by Gasteiger charge is 2.26. The van der Waals surface area contributed by atoms with Crippen molar-refractivity contribution in [3.05, 3.63) is 83.0 Å². The molecule has 0 bridgehead atoms. The summed E-state index contributed by atoms with van der Waals surface area (Å²) >= 11 is 5.89. The van der Waals surface area contributed by atoms with Crippen LogP contribution in [0.3, 0.4) is 0 Å². The number of aromatic nitrogens is 3. The first-order chi connectivity index (χ1) is 17.7. The number of halogens is 3. The molecular formula is C23H19ClF2N6O4S. The lowest BCUT2D eigenvalue weighted by atomic mass is 10.1. The van der Waals surface area contributed by atoms with E-state index in [4.69, 9.17) is 22.1 Å². The zero-order chi connectivity index (χ0) is 26.5. The molecule has 0 aliphatic rings. The van der Waals surface area contributed by atoms with E-state index in [2.05, 4.69) is 20.5 Å². The molecule has 0 atom stereocenters. The predicted octanol–water partition coefficient (Wildman–Crippen LogP) is 4.10. The molecule has 1 amide bonds. The predicted molar refractivity (Wildman–Crippen MR) is 135 cm³/mol. The molecule has 0 aliphatic heterocycles. The Balaban J connectivity index is 1.76. The number of anilines is 3. The normalized spacial score (nSPS) is 11.1. The first-order valence-electron chi connectivity index (χ1n) is 10.5. The molecule has 4 aromatic rings. The van der Waals surface area contributed by atoms with E-state index < -0.39 is 29.0 Å². The minimum Gasteiger partial charge on any atom is -0.487 e. The van der Waals surface area contributed by atoms with Crippen LogP contribution in [0.1, 0.15) is 15.9 Å². The molecule has 0 radical (unpaired) electrons.